The third-order valence-corrected chi connectivity index (χ3v) is 11.0. The van der Waals surface area contributed by atoms with Crippen molar-refractivity contribution < 1.29 is 119 Å². The number of aliphatic hydroxyl groups excluding tert-OH is 13. The molecule has 60 heavy (non-hydrogen) atoms. The average Bonchev–Trinajstić information content (AvgIpc) is 3.19. The Morgan fingerprint density at radius 1 is 0.483 bits per heavy atom. The first-order valence-corrected chi connectivity index (χ1v) is 19.3. The van der Waals surface area contributed by atoms with E-state index in [0.29, 0.717) is 0 Å². The molecule has 26 heteroatoms. The normalized spacial score (nSPS) is 48.9. The molecule has 5 aliphatic rings. The Bertz CT molecular complexity index is 1390. The summed E-state index contributed by atoms with van der Waals surface area (Å²) >= 11 is 0. The van der Waals surface area contributed by atoms with Gasteiger partial charge in [-0.05, 0) is 6.92 Å². The second-order valence-electron chi connectivity index (χ2n) is 15.3. The number of carbonyl (C=O) groups excluding carboxylic acids is 2. The summed E-state index contributed by atoms with van der Waals surface area (Å²) in [6.45, 7) is 0.0276. The van der Waals surface area contributed by atoms with E-state index in [9.17, 15) is 76.0 Å². The van der Waals surface area contributed by atoms with E-state index in [1.165, 1.54) is 6.92 Å². The van der Waals surface area contributed by atoms with E-state index in [1.807, 2.05) is 0 Å². The van der Waals surface area contributed by atoms with Gasteiger partial charge in [0.15, 0.2) is 31.5 Å². The lowest BCUT2D eigenvalue weighted by Crippen LogP contribution is -2.70. The minimum absolute atomic E-state index is 0.188. The van der Waals surface area contributed by atoms with E-state index in [2.05, 4.69) is 10.6 Å². The van der Waals surface area contributed by atoms with Crippen molar-refractivity contribution in [1.29, 1.82) is 0 Å². The Kier molecular flexibility index (Phi) is 17.3. The fraction of sp³-hybridized carbons (Fsp3) is 0.941. The standard InChI is InChI=1S/C34H58N2O24/c1-9-12(43)4-13(44)31(52-9)59-28-22(47)16(7-39)56-34(24(28)49)58-27-19(36-11(3)42)32(54-15(6-38)21(27)46)60-29-23(48)17(8-40)55-33(25(29)50)57-26-18(35-10(2)41)30(51)53-14(5-37)20(26)45/h9,12-34,37-40,43-51H,4-8H2,1-3H3,(H,35,41)(H,36,42)/t9-,12-,13-,14+,15+,16+,17+,18+,19+,20-,21+,22-,23-,24+,25+,26+,27+,28-,29-,30+,31-,32-,33+,34-/m0/s1. The van der Waals surface area contributed by atoms with Crippen LogP contribution >= 0.6 is 0 Å². The van der Waals surface area contributed by atoms with Crippen molar-refractivity contribution in [1.82, 2.24) is 10.6 Å². The number of aliphatic hydroxyl groups is 13. The second-order valence-corrected chi connectivity index (χ2v) is 15.3. The first-order chi connectivity index (χ1) is 28.3. The average molecular weight is 879 g/mol. The molecule has 0 aromatic rings. The summed E-state index contributed by atoms with van der Waals surface area (Å²) in [5.41, 5.74) is 0. The molecular formula is C34H58N2O24. The SMILES string of the molecule is CC(=O)N[C@@H]1[C@@H](O[C@H]2O[C@H](CO)[C@H](O)[C@H](O[C@@H]3O[C@H](CO)[C@@H](O)[C@H](O[C@@H]4O[C@H](CO)[C@H](O)[C@H](O[C@@H]5O[C@@H](C)[C@@H](O)C[C@@H]5O)[C@H]4O)[C@H]3NC(C)=O)[C@H]2O)[C@@H](O)[C@@H](CO)O[C@H]1O. The molecule has 15 N–H and O–H groups in total. The summed E-state index contributed by atoms with van der Waals surface area (Å²) < 4.78 is 51.2. The van der Waals surface area contributed by atoms with Gasteiger partial charge in [-0.1, -0.05) is 0 Å². The highest BCUT2D eigenvalue weighted by Crippen LogP contribution is 2.35. The zero-order valence-electron chi connectivity index (χ0n) is 32.7. The van der Waals surface area contributed by atoms with Crippen molar-refractivity contribution in [2.75, 3.05) is 26.4 Å². The number of ether oxygens (including phenoxy) is 9. The highest BCUT2D eigenvalue weighted by molar-refractivity contribution is 5.73. The smallest absolute Gasteiger partial charge is 0.217 e. The van der Waals surface area contributed by atoms with E-state index in [0.717, 1.165) is 13.8 Å². The summed E-state index contributed by atoms with van der Waals surface area (Å²) in [5.74, 6) is -1.51. The molecule has 5 heterocycles. The summed E-state index contributed by atoms with van der Waals surface area (Å²) in [7, 11) is 0. The lowest BCUT2D eigenvalue weighted by atomic mass is 9.94. The lowest BCUT2D eigenvalue weighted by molar-refractivity contribution is -0.380. The topological polar surface area (TPSA) is 404 Å². The van der Waals surface area contributed by atoms with Gasteiger partial charge in [-0.2, -0.15) is 0 Å². The molecule has 348 valence electrons. The molecular weight excluding hydrogens is 820 g/mol. The number of carbonyl (C=O) groups is 2. The van der Waals surface area contributed by atoms with Gasteiger partial charge in [0.05, 0.1) is 38.6 Å². The fourth-order valence-corrected chi connectivity index (χ4v) is 7.71. The Balaban J connectivity index is 1.41. The molecule has 5 saturated heterocycles. The molecule has 0 radical (unpaired) electrons. The molecule has 5 fully saturated rings. The Morgan fingerprint density at radius 3 is 1.30 bits per heavy atom. The number of hydrogen-bond acceptors (Lipinski definition) is 24. The largest absolute Gasteiger partial charge is 0.394 e. The number of nitrogens with one attached hydrogen (secondary N) is 2. The van der Waals surface area contributed by atoms with Gasteiger partial charge in [0.2, 0.25) is 11.8 Å². The third kappa shape index (κ3) is 10.7. The monoisotopic (exact) mass is 878 g/mol. The van der Waals surface area contributed by atoms with Crippen molar-refractivity contribution in [3.63, 3.8) is 0 Å². The number of rotatable bonds is 14. The third-order valence-electron chi connectivity index (χ3n) is 11.0. The molecule has 0 spiro atoms. The first-order valence-electron chi connectivity index (χ1n) is 19.3. The van der Waals surface area contributed by atoms with Crippen LogP contribution in [0.4, 0.5) is 0 Å². The first kappa shape index (κ1) is 49.1. The molecule has 0 saturated carbocycles. The summed E-state index contributed by atoms with van der Waals surface area (Å²) in [4.78, 5) is 24.6. The van der Waals surface area contributed by atoms with Crippen LogP contribution in [-0.4, -0.2) is 252 Å². The maximum Gasteiger partial charge on any atom is 0.217 e. The molecule has 0 aromatic carbocycles. The Hall–Kier alpha value is -1.94. The van der Waals surface area contributed by atoms with Crippen molar-refractivity contribution in [2.45, 2.75) is 174 Å². The van der Waals surface area contributed by atoms with Gasteiger partial charge in [-0.15, -0.1) is 0 Å². The van der Waals surface area contributed by atoms with Crippen LogP contribution in [0.5, 0.6) is 0 Å². The lowest BCUT2D eigenvalue weighted by Gasteiger charge is -2.50. The van der Waals surface area contributed by atoms with E-state index < -0.39 is 186 Å². The molecule has 0 unspecified atom stereocenters. The zero-order valence-corrected chi connectivity index (χ0v) is 32.7. The molecule has 5 aliphatic heterocycles. The van der Waals surface area contributed by atoms with Crippen LogP contribution in [0.2, 0.25) is 0 Å². The van der Waals surface area contributed by atoms with E-state index in [-0.39, 0.29) is 6.42 Å². The number of amides is 2. The van der Waals surface area contributed by atoms with E-state index in [1.54, 1.807) is 0 Å². The van der Waals surface area contributed by atoms with Crippen LogP contribution in [0.15, 0.2) is 0 Å². The van der Waals surface area contributed by atoms with E-state index >= 15 is 0 Å². The van der Waals surface area contributed by atoms with Crippen LogP contribution in [0, 0.1) is 0 Å². The van der Waals surface area contributed by atoms with Crippen molar-refractivity contribution in [2.24, 2.45) is 0 Å². The molecule has 0 aliphatic carbocycles. The van der Waals surface area contributed by atoms with Gasteiger partial charge in [-0.25, -0.2) is 0 Å². The van der Waals surface area contributed by atoms with E-state index in [4.69, 9.17) is 42.6 Å². The zero-order chi connectivity index (χ0) is 44.3. The van der Waals surface area contributed by atoms with Crippen LogP contribution in [-0.2, 0) is 52.2 Å². The van der Waals surface area contributed by atoms with Crippen molar-refractivity contribution in [3.8, 4) is 0 Å². The highest BCUT2D eigenvalue weighted by Gasteiger charge is 2.57. The van der Waals surface area contributed by atoms with Gasteiger partial charge < -0.3 is 120 Å². The molecule has 5 rings (SSSR count). The molecule has 24 atom stereocenters. The Morgan fingerprint density at radius 2 is 0.850 bits per heavy atom. The van der Waals surface area contributed by atoms with Crippen LogP contribution in [0.3, 0.4) is 0 Å². The van der Waals surface area contributed by atoms with Gasteiger partial charge >= 0.3 is 0 Å². The minimum Gasteiger partial charge on any atom is -0.394 e. The molecule has 26 nitrogen and oxygen atoms in total. The Labute approximate surface area is 342 Å². The fourth-order valence-electron chi connectivity index (χ4n) is 7.71. The summed E-state index contributed by atoms with van der Waals surface area (Å²) in [6.07, 6.45) is -37.4. The van der Waals surface area contributed by atoms with Gasteiger partial charge in [0, 0.05) is 20.3 Å². The van der Waals surface area contributed by atoms with Crippen molar-refractivity contribution >= 4 is 11.8 Å². The second kappa shape index (κ2) is 21.2. The summed E-state index contributed by atoms with van der Waals surface area (Å²) in [6, 6.07) is -3.20. The van der Waals surface area contributed by atoms with Gasteiger partial charge in [0.25, 0.3) is 0 Å². The van der Waals surface area contributed by atoms with Gasteiger partial charge in [-0.3, -0.25) is 9.59 Å². The highest BCUT2D eigenvalue weighted by atomic mass is 16.8. The number of hydrogen-bond donors (Lipinski definition) is 15. The van der Waals surface area contributed by atoms with Crippen LogP contribution in [0.1, 0.15) is 27.2 Å². The summed E-state index contributed by atoms with van der Waals surface area (Å²) in [5, 5.41) is 144. The minimum atomic E-state index is -2.10. The van der Waals surface area contributed by atoms with Crippen molar-refractivity contribution in [3.05, 3.63) is 0 Å². The predicted molar refractivity (Wildman–Crippen MR) is 187 cm³/mol. The van der Waals surface area contributed by atoms with Crippen LogP contribution in [0.25, 0.3) is 0 Å². The maximum absolute atomic E-state index is 12.6. The molecule has 0 aromatic heterocycles. The quantitative estimate of drug-likeness (QED) is 0.0770. The maximum atomic E-state index is 12.6. The molecule has 0 bridgehead atoms. The van der Waals surface area contributed by atoms with Gasteiger partial charge in [0.1, 0.15) is 104 Å². The predicted octanol–water partition coefficient (Wildman–Crippen LogP) is -9.58. The molecule has 2 amide bonds. The van der Waals surface area contributed by atoms with Crippen LogP contribution < -0.4 is 10.6 Å².